The number of nitrogens with one attached hydrogen (secondary N) is 1. The smallest absolute Gasteiger partial charge is 0.260 e. The number of phenolic OH excluding ortho intramolecular Hbond substituents is 1. The monoisotopic (exact) mass is 382 g/mol. The van der Waals surface area contributed by atoms with E-state index in [4.69, 9.17) is 0 Å². The van der Waals surface area contributed by atoms with Gasteiger partial charge in [-0.25, -0.2) is 10.4 Å². The molecule has 3 rings (SSSR count). The first kappa shape index (κ1) is 18.7. The van der Waals surface area contributed by atoms with Gasteiger partial charge in [0.2, 0.25) is 0 Å². The lowest BCUT2D eigenvalue weighted by Crippen LogP contribution is -2.31. The van der Waals surface area contributed by atoms with Gasteiger partial charge >= 0.3 is 0 Å². The first-order valence-electron chi connectivity index (χ1n) is 8.14. The van der Waals surface area contributed by atoms with Crippen LogP contribution in [0.2, 0.25) is 0 Å². The highest BCUT2D eigenvalue weighted by atomic mass is 32.2. The molecule has 0 aliphatic carbocycles. The van der Waals surface area contributed by atoms with Crippen LogP contribution in [0.15, 0.2) is 57.5 Å². The van der Waals surface area contributed by atoms with Crippen molar-refractivity contribution in [1.29, 1.82) is 0 Å². The van der Waals surface area contributed by atoms with E-state index in [9.17, 15) is 14.7 Å². The Morgan fingerprint density at radius 2 is 2.11 bits per heavy atom. The average Bonchev–Trinajstić information content (AvgIpc) is 2.65. The molecule has 1 amide bonds. The summed E-state index contributed by atoms with van der Waals surface area (Å²) in [6.07, 6.45) is 3.18. The van der Waals surface area contributed by atoms with E-state index >= 15 is 0 Å². The highest BCUT2D eigenvalue weighted by Crippen LogP contribution is 2.25. The molecule has 1 heterocycles. The molecule has 0 fully saturated rings. The van der Waals surface area contributed by atoms with Gasteiger partial charge in [0.15, 0.2) is 5.16 Å². The van der Waals surface area contributed by atoms with Crippen LogP contribution in [0.1, 0.15) is 11.3 Å². The molecule has 0 bridgehead atoms. The molecule has 7 nitrogen and oxygen atoms in total. The number of aromatic nitrogens is 2. The molecule has 8 heteroatoms. The van der Waals surface area contributed by atoms with Crippen molar-refractivity contribution in [2.24, 2.45) is 5.10 Å². The Morgan fingerprint density at radius 1 is 1.33 bits per heavy atom. The first-order valence-corrected chi connectivity index (χ1v) is 9.37. The van der Waals surface area contributed by atoms with Gasteiger partial charge in [0.1, 0.15) is 12.3 Å². The van der Waals surface area contributed by atoms with Crippen molar-refractivity contribution < 1.29 is 9.90 Å². The summed E-state index contributed by atoms with van der Waals surface area (Å²) in [5, 5.41) is 16.2. The molecule has 0 aliphatic heterocycles. The molecule has 0 aliphatic rings. The van der Waals surface area contributed by atoms with E-state index in [0.29, 0.717) is 16.4 Å². The van der Waals surface area contributed by atoms with Gasteiger partial charge in [-0.3, -0.25) is 14.2 Å². The largest absolute Gasteiger partial charge is 0.507 e. The summed E-state index contributed by atoms with van der Waals surface area (Å²) >= 11 is 1.29. The highest BCUT2D eigenvalue weighted by molar-refractivity contribution is 7.98. The Bertz CT molecular complexity index is 1090. The zero-order chi connectivity index (χ0) is 19.4. The number of thioether (sulfide) groups is 1. The second-order valence-corrected chi connectivity index (χ2v) is 6.59. The maximum Gasteiger partial charge on any atom is 0.260 e. The van der Waals surface area contributed by atoms with Gasteiger partial charge < -0.3 is 5.11 Å². The van der Waals surface area contributed by atoms with Gasteiger partial charge in [-0.2, -0.15) is 5.10 Å². The quantitative estimate of drug-likeness (QED) is 0.305. The predicted octanol–water partition coefficient (Wildman–Crippen LogP) is 2.28. The van der Waals surface area contributed by atoms with Gasteiger partial charge in [-0.05, 0) is 30.0 Å². The minimum atomic E-state index is -0.464. The number of rotatable bonds is 5. The Morgan fingerprint density at radius 3 is 2.89 bits per heavy atom. The molecule has 0 spiro atoms. The predicted molar refractivity (Wildman–Crippen MR) is 106 cm³/mol. The Kier molecular flexibility index (Phi) is 5.56. The molecule has 1 aromatic heterocycles. The topological polar surface area (TPSA) is 96.6 Å². The van der Waals surface area contributed by atoms with Gasteiger partial charge in [0.05, 0.1) is 6.21 Å². The van der Waals surface area contributed by atoms with Crippen LogP contribution in [0.3, 0.4) is 0 Å². The van der Waals surface area contributed by atoms with Gasteiger partial charge in [0, 0.05) is 17.3 Å². The molecular formula is C19H18N4O3S. The molecule has 2 aromatic carbocycles. The minimum Gasteiger partial charge on any atom is -0.507 e. The number of carbonyl (C=O) groups excluding carboxylic acids is 1. The van der Waals surface area contributed by atoms with Crippen LogP contribution in [0.25, 0.3) is 10.8 Å². The molecule has 27 heavy (non-hydrogen) atoms. The number of aryl methyl sites for hydroxylation is 1. The first-order chi connectivity index (χ1) is 13.0. The van der Waals surface area contributed by atoms with Crippen molar-refractivity contribution in [1.82, 2.24) is 15.0 Å². The molecule has 0 unspecified atom stereocenters. The van der Waals surface area contributed by atoms with Gasteiger partial charge in [-0.15, -0.1) is 0 Å². The summed E-state index contributed by atoms with van der Waals surface area (Å²) in [4.78, 5) is 28.5. The Hall–Kier alpha value is -3.13. The summed E-state index contributed by atoms with van der Waals surface area (Å²) in [5.41, 5.74) is 3.20. The molecule has 0 atom stereocenters. The zero-order valence-electron chi connectivity index (χ0n) is 14.8. The molecule has 3 aromatic rings. The Balaban J connectivity index is 1.78. The normalized spacial score (nSPS) is 11.2. The minimum absolute atomic E-state index is 0.0651. The maximum atomic E-state index is 12.2. The fourth-order valence-electron chi connectivity index (χ4n) is 2.66. The zero-order valence-corrected chi connectivity index (χ0v) is 15.7. The van der Waals surface area contributed by atoms with Crippen LogP contribution in [-0.4, -0.2) is 33.0 Å². The molecule has 2 N–H and O–H groups in total. The number of hydrogen-bond acceptors (Lipinski definition) is 6. The van der Waals surface area contributed by atoms with Crippen LogP contribution in [-0.2, 0) is 11.3 Å². The lowest BCUT2D eigenvalue weighted by atomic mass is 10.0. The van der Waals surface area contributed by atoms with E-state index in [0.717, 1.165) is 10.8 Å². The second-order valence-electron chi connectivity index (χ2n) is 5.82. The lowest BCUT2D eigenvalue weighted by Gasteiger charge is -2.09. The number of hydrogen-bond donors (Lipinski definition) is 2. The molecule has 0 radical (unpaired) electrons. The molecule has 0 saturated carbocycles. The van der Waals surface area contributed by atoms with Crippen molar-refractivity contribution >= 4 is 34.7 Å². The number of carbonyl (C=O) groups is 1. The van der Waals surface area contributed by atoms with Crippen LogP contribution < -0.4 is 11.0 Å². The average molecular weight is 382 g/mol. The van der Waals surface area contributed by atoms with Crippen molar-refractivity contribution in [3.63, 3.8) is 0 Å². The van der Waals surface area contributed by atoms with Crippen molar-refractivity contribution in [3.8, 4) is 5.75 Å². The number of amides is 1. The maximum absolute atomic E-state index is 12.2. The fourth-order valence-corrected chi connectivity index (χ4v) is 3.27. The SMILES string of the molecule is CSc1nc(C)cc(=O)n1CC(=O)N/N=C/c1c(O)ccc2ccccc12. The summed E-state index contributed by atoms with van der Waals surface area (Å²) in [5.74, 6) is -0.399. The van der Waals surface area contributed by atoms with Gasteiger partial charge in [-0.1, -0.05) is 42.1 Å². The van der Waals surface area contributed by atoms with Crippen molar-refractivity contribution in [2.45, 2.75) is 18.6 Å². The lowest BCUT2D eigenvalue weighted by molar-refractivity contribution is -0.121. The number of benzene rings is 2. The van der Waals surface area contributed by atoms with Crippen LogP contribution in [0.4, 0.5) is 0 Å². The van der Waals surface area contributed by atoms with Crippen LogP contribution in [0.5, 0.6) is 5.75 Å². The van der Waals surface area contributed by atoms with E-state index in [2.05, 4.69) is 15.5 Å². The Labute approximate surface area is 159 Å². The van der Waals surface area contributed by atoms with Crippen molar-refractivity contribution in [2.75, 3.05) is 6.26 Å². The van der Waals surface area contributed by atoms with E-state index in [1.54, 1.807) is 25.3 Å². The summed E-state index contributed by atoms with van der Waals surface area (Å²) in [6.45, 7) is 1.54. The summed E-state index contributed by atoms with van der Waals surface area (Å²) < 4.78 is 1.29. The number of phenols is 1. The number of nitrogens with zero attached hydrogens (tertiary/aromatic N) is 3. The summed E-state index contributed by atoms with van der Waals surface area (Å²) in [7, 11) is 0. The van der Waals surface area contributed by atoms with E-state index < -0.39 is 5.91 Å². The molecule has 138 valence electrons. The number of fused-ring (bicyclic) bond motifs is 1. The van der Waals surface area contributed by atoms with E-state index in [1.165, 1.54) is 28.6 Å². The molecule has 0 saturated heterocycles. The van der Waals surface area contributed by atoms with Crippen LogP contribution >= 0.6 is 11.8 Å². The molecular weight excluding hydrogens is 364 g/mol. The third kappa shape index (κ3) is 4.17. The summed E-state index contributed by atoms with van der Waals surface area (Å²) in [6, 6.07) is 12.3. The van der Waals surface area contributed by atoms with Crippen LogP contribution in [0, 0.1) is 6.92 Å². The standard InChI is InChI=1S/C19H18N4O3S/c1-12-9-18(26)23(19(21-12)27-2)11-17(25)22-20-10-15-14-6-4-3-5-13(14)7-8-16(15)24/h3-10,24H,11H2,1-2H3,(H,22,25)/b20-10+. The van der Waals surface area contributed by atoms with Gasteiger partial charge in [0.25, 0.3) is 11.5 Å². The second kappa shape index (κ2) is 8.05. The number of hydrazone groups is 1. The highest BCUT2D eigenvalue weighted by Gasteiger charge is 2.10. The fraction of sp³-hybridized carbons (Fsp3) is 0.158. The third-order valence-electron chi connectivity index (χ3n) is 3.92. The van der Waals surface area contributed by atoms with E-state index in [-0.39, 0.29) is 17.9 Å². The third-order valence-corrected chi connectivity index (χ3v) is 4.59. The van der Waals surface area contributed by atoms with E-state index in [1.807, 2.05) is 24.3 Å². The van der Waals surface area contributed by atoms with Crippen molar-refractivity contribution in [3.05, 3.63) is 64.1 Å². The number of aromatic hydroxyl groups is 1.